The van der Waals surface area contributed by atoms with Crippen LogP contribution in [0.4, 0.5) is 0 Å². The average Bonchev–Trinajstić information content (AvgIpc) is 2.53. The van der Waals surface area contributed by atoms with Crippen molar-refractivity contribution in [3.63, 3.8) is 0 Å². The van der Waals surface area contributed by atoms with E-state index < -0.39 is 11.4 Å². The van der Waals surface area contributed by atoms with Gasteiger partial charge in [-0.25, -0.2) is 0 Å². The number of carbonyl (C=O) groups is 1. The zero-order valence-electron chi connectivity index (χ0n) is 14.9. The number of methoxy groups -OCH3 is 2. The molecule has 0 atom stereocenters. The van der Waals surface area contributed by atoms with E-state index in [9.17, 15) is 9.90 Å². The number of carboxylic acids is 1. The molecule has 2 rings (SSSR count). The maximum Gasteiger partial charge on any atom is 0.314 e. The summed E-state index contributed by atoms with van der Waals surface area (Å²) in [6.45, 7) is 6.35. The number of carboxylic acid groups (broad SMARTS) is 1. The molecule has 1 aromatic carbocycles. The fourth-order valence-electron chi connectivity index (χ4n) is 3.51. The van der Waals surface area contributed by atoms with Crippen molar-refractivity contribution in [3.8, 4) is 11.5 Å². The second-order valence-electron chi connectivity index (χ2n) is 7.46. The number of hydrogen-bond acceptors (Lipinski definition) is 3. The molecule has 1 saturated carbocycles. The van der Waals surface area contributed by atoms with Gasteiger partial charge in [-0.05, 0) is 29.9 Å². The van der Waals surface area contributed by atoms with Crippen LogP contribution in [0.15, 0.2) is 12.1 Å². The summed E-state index contributed by atoms with van der Waals surface area (Å²) in [5.74, 6) is 0.412. The summed E-state index contributed by atoms with van der Waals surface area (Å²) in [6, 6.07) is 3.97. The van der Waals surface area contributed by atoms with Crippen molar-refractivity contribution in [1.29, 1.82) is 0 Å². The van der Waals surface area contributed by atoms with Crippen molar-refractivity contribution in [2.45, 2.75) is 63.7 Å². The summed E-state index contributed by atoms with van der Waals surface area (Å²) in [7, 11) is 3.18. The van der Waals surface area contributed by atoms with E-state index in [-0.39, 0.29) is 5.41 Å². The third kappa shape index (κ3) is 3.17. The van der Waals surface area contributed by atoms with Gasteiger partial charge in [-0.2, -0.15) is 0 Å². The second-order valence-corrected chi connectivity index (χ2v) is 7.46. The van der Waals surface area contributed by atoms with E-state index in [4.69, 9.17) is 9.47 Å². The Morgan fingerprint density at radius 3 is 2.13 bits per heavy atom. The van der Waals surface area contributed by atoms with Crippen molar-refractivity contribution in [3.05, 3.63) is 23.3 Å². The molecule has 0 bridgehead atoms. The first-order valence-corrected chi connectivity index (χ1v) is 8.26. The van der Waals surface area contributed by atoms with Gasteiger partial charge in [-0.1, -0.05) is 46.1 Å². The van der Waals surface area contributed by atoms with E-state index in [2.05, 4.69) is 20.8 Å². The van der Waals surface area contributed by atoms with Crippen LogP contribution in [0.1, 0.15) is 64.0 Å². The molecule has 23 heavy (non-hydrogen) atoms. The van der Waals surface area contributed by atoms with Gasteiger partial charge in [0.1, 0.15) is 0 Å². The molecular weight excluding hydrogens is 292 g/mol. The van der Waals surface area contributed by atoms with E-state index in [0.29, 0.717) is 24.3 Å². The molecule has 0 amide bonds. The Hall–Kier alpha value is -1.71. The van der Waals surface area contributed by atoms with Crippen LogP contribution in [-0.4, -0.2) is 25.3 Å². The third-order valence-corrected chi connectivity index (χ3v) is 4.98. The lowest BCUT2D eigenvalue weighted by molar-refractivity contribution is -0.145. The molecule has 0 saturated heterocycles. The predicted octanol–water partition coefficient (Wildman–Crippen LogP) is 4.29. The minimum Gasteiger partial charge on any atom is -0.493 e. The zero-order chi connectivity index (χ0) is 17.3. The molecule has 128 valence electrons. The van der Waals surface area contributed by atoms with E-state index in [1.54, 1.807) is 14.2 Å². The van der Waals surface area contributed by atoms with Crippen LogP contribution in [0, 0.1) is 0 Å². The summed E-state index contributed by atoms with van der Waals surface area (Å²) in [5.41, 5.74) is 0.855. The van der Waals surface area contributed by atoms with Gasteiger partial charge in [-0.3, -0.25) is 4.79 Å². The molecule has 0 spiro atoms. The Morgan fingerprint density at radius 1 is 1.09 bits per heavy atom. The Bertz CT molecular complexity index is 578. The van der Waals surface area contributed by atoms with Crippen LogP contribution in [0.2, 0.25) is 0 Å². The third-order valence-electron chi connectivity index (χ3n) is 4.98. The van der Waals surface area contributed by atoms with Gasteiger partial charge in [-0.15, -0.1) is 0 Å². The highest BCUT2D eigenvalue weighted by molar-refractivity contribution is 5.83. The molecule has 1 fully saturated rings. The highest BCUT2D eigenvalue weighted by Crippen LogP contribution is 2.48. The molecule has 1 aliphatic rings. The monoisotopic (exact) mass is 320 g/mol. The van der Waals surface area contributed by atoms with E-state index in [0.717, 1.165) is 30.4 Å². The smallest absolute Gasteiger partial charge is 0.314 e. The molecule has 1 aromatic rings. The Kier molecular flexibility index (Phi) is 4.92. The summed E-state index contributed by atoms with van der Waals surface area (Å²) in [6.07, 6.45) is 4.24. The largest absolute Gasteiger partial charge is 0.493 e. The van der Waals surface area contributed by atoms with Gasteiger partial charge >= 0.3 is 5.97 Å². The topological polar surface area (TPSA) is 55.8 Å². The normalized spacial score (nSPS) is 17.6. The molecular formula is C19H28O4. The molecule has 1 N–H and O–H groups in total. The average molecular weight is 320 g/mol. The molecule has 0 heterocycles. The van der Waals surface area contributed by atoms with Gasteiger partial charge in [0.2, 0.25) is 0 Å². The summed E-state index contributed by atoms with van der Waals surface area (Å²) < 4.78 is 11.1. The second kappa shape index (κ2) is 6.42. The zero-order valence-corrected chi connectivity index (χ0v) is 14.9. The molecule has 1 aliphatic carbocycles. The van der Waals surface area contributed by atoms with Crippen molar-refractivity contribution < 1.29 is 19.4 Å². The fraction of sp³-hybridized carbons (Fsp3) is 0.632. The number of hydrogen-bond donors (Lipinski definition) is 1. The van der Waals surface area contributed by atoms with Crippen LogP contribution in [-0.2, 0) is 15.6 Å². The number of rotatable bonds is 4. The first-order valence-electron chi connectivity index (χ1n) is 8.26. The van der Waals surface area contributed by atoms with Crippen molar-refractivity contribution >= 4 is 5.97 Å². The molecule has 0 aromatic heterocycles. The predicted molar refractivity (Wildman–Crippen MR) is 90.6 cm³/mol. The Labute approximate surface area is 138 Å². The lowest BCUT2D eigenvalue weighted by Gasteiger charge is -2.36. The molecule has 0 unspecified atom stereocenters. The van der Waals surface area contributed by atoms with Crippen LogP contribution in [0.25, 0.3) is 0 Å². The van der Waals surface area contributed by atoms with Crippen LogP contribution >= 0.6 is 0 Å². The minimum atomic E-state index is -0.877. The summed E-state index contributed by atoms with van der Waals surface area (Å²) in [4.78, 5) is 12.2. The molecule has 4 nitrogen and oxygen atoms in total. The maximum absolute atomic E-state index is 12.2. The van der Waals surface area contributed by atoms with E-state index in [1.165, 1.54) is 0 Å². The molecule has 0 aliphatic heterocycles. The molecule has 4 heteroatoms. The summed E-state index contributed by atoms with van der Waals surface area (Å²) in [5, 5.41) is 10.0. The van der Waals surface area contributed by atoms with Gasteiger partial charge in [0.25, 0.3) is 0 Å². The standard InChI is InChI=1S/C19H28O4/c1-18(2,3)13-11-14(16(23-5)15(12-13)22-4)19(17(20)21)9-7-6-8-10-19/h11-12H,6-10H2,1-5H3,(H,20,21). The van der Waals surface area contributed by atoms with Gasteiger partial charge < -0.3 is 14.6 Å². The van der Waals surface area contributed by atoms with Gasteiger partial charge in [0.15, 0.2) is 11.5 Å². The first kappa shape index (κ1) is 17.6. The lowest BCUT2D eigenvalue weighted by Crippen LogP contribution is -2.38. The van der Waals surface area contributed by atoms with Gasteiger partial charge in [0.05, 0.1) is 19.6 Å². The first-order chi connectivity index (χ1) is 10.8. The van der Waals surface area contributed by atoms with Crippen LogP contribution in [0.3, 0.4) is 0 Å². The SMILES string of the molecule is COc1cc(C(C)(C)C)cc(C2(C(=O)O)CCCCC2)c1OC. The Balaban J connectivity index is 2.73. The van der Waals surface area contributed by atoms with Crippen molar-refractivity contribution in [2.24, 2.45) is 0 Å². The van der Waals surface area contributed by atoms with E-state index >= 15 is 0 Å². The van der Waals surface area contributed by atoms with Crippen molar-refractivity contribution in [1.82, 2.24) is 0 Å². The lowest BCUT2D eigenvalue weighted by atomic mass is 9.68. The quantitative estimate of drug-likeness (QED) is 0.899. The van der Waals surface area contributed by atoms with Crippen molar-refractivity contribution in [2.75, 3.05) is 14.2 Å². The number of aliphatic carboxylic acids is 1. The van der Waals surface area contributed by atoms with E-state index in [1.807, 2.05) is 12.1 Å². The van der Waals surface area contributed by atoms with Crippen LogP contribution < -0.4 is 9.47 Å². The Morgan fingerprint density at radius 2 is 1.70 bits per heavy atom. The van der Waals surface area contributed by atoms with Crippen LogP contribution in [0.5, 0.6) is 11.5 Å². The number of ether oxygens (including phenoxy) is 2. The van der Waals surface area contributed by atoms with Gasteiger partial charge in [0, 0.05) is 5.56 Å². The maximum atomic E-state index is 12.2. The molecule has 0 radical (unpaired) electrons. The summed E-state index contributed by atoms with van der Waals surface area (Å²) >= 11 is 0. The number of benzene rings is 1. The minimum absolute atomic E-state index is 0.0946. The fourth-order valence-corrected chi connectivity index (χ4v) is 3.51. The highest BCUT2D eigenvalue weighted by atomic mass is 16.5. The highest BCUT2D eigenvalue weighted by Gasteiger charge is 2.44.